The fraction of sp³-hybridized carbons (Fsp3) is 0.571. The minimum atomic E-state index is -0.254. The lowest BCUT2D eigenvalue weighted by atomic mass is 9.50. The number of aryl methyl sites for hydroxylation is 1. The Morgan fingerprint density at radius 2 is 1.84 bits per heavy atom. The molecule has 3 aliphatic rings. The third kappa shape index (κ3) is 6.21. The molecule has 0 spiro atoms. The Bertz CT molecular complexity index is 1430. The first kappa shape index (κ1) is 29.8. The van der Waals surface area contributed by atoms with Crippen LogP contribution < -0.4 is 4.90 Å². The van der Waals surface area contributed by atoms with Crippen molar-refractivity contribution in [3.63, 3.8) is 0 Å². The van der Waals surface area contributed by atoms with Gasteiger partial charge in [-0.1, -0.05) is 57.5 Å². The summed E-state index contributed by atoms with van der Waals surface area (Å²) < 4.78 is 20.8. The first-order valence-electron chi connectivity index (χ1n) is 16.0. The number of esters is 1. The summed E-state index contributed by atoms with van der Waals surface area (Å²) in [5.74, 6) is 0.560. The fourth-order valence-electron chi connectivity index (χ4n) is 8.13. The molecule has 3 atom stereocenters. The second-order valence-corrected chi connectivity index (χ2v) is 13.9. The zero-order valence-electron chi connectivity index (χ0n) is 26.2. The Labute approximate surface area is 255 Å². The van der Waals surface area contributed by atoms with Gasteiger partial charge in [0.2, 0.25) is 0 Å². The topological polar surface area (TPSA) is 63.5 Å². The molecule has 1 aliphatic heterocycles. The van der Waals surface area contributed by atoms with Gasteiger partial charge in [0.05, 0.1) is 18.5 Å². The highest BCUT2D eigenvalue weighted by molar-refractivity contribution is 5.69. The van der Waals surface area contributed by atoms with Crippen molar-refractivity contribution >= 4 is 11.7 Å². The maximum absolute atomic E-state index is 13.3. The summed E-state index contributed by atoms with van der Waals surface area (Å²) in [6.07, 6.45) is 7.53. The molecule has 0 bridgehead atoms. The normalized spacial score (nSPS) is 25.8. The van der Waals surface area contributed by atoms with Gasteiger partial charge in [-0.15, -0.1) is 5.10 Å². The number of anilines is 1. The minimum absolute atomic E-state index is 0.0410. The second-order valence-electron chi connectivity index (χ2n) is 13.9. The summed E-state index contributed by atoms with van der Waals surface area (Å²) in [5, 5.41) is 8.54. The summed E-state index contributed by atoms with van der Waals surface area (Å²) >= 11 is 0. The first-order valence-corrected chi connectivity index (χ1v) is 16.0. The number of ether oxygens (including phenoxy) is 1. The second kappa shape index (κ2) is 12.0. The number of piperazine rings is 1. The van der Waals surface area contributed by atoms with Crippen LogP contribution in [0.1, 0.15) is 81.7 Å². The molecule has 0 amide bonds. The van der Waals surface area contributed by atoms with Gasteiger partial charge in [0.15, 0.2) is 0 Å². The summed E-state index contributed by atoms with van der Waals surface area (Å²) in [6.45, 7) is 14.0. The molecular formula is C35H46FN5O2. The van der Waals surface area contributed by atoms with Crippen molar-refractivity contribution in [1.29, 1.82) is 0 Å². The van der Waals surface area contributed by atoms with Gasteiger partial charge >= 0.3 is 5.97 Å². The zero-order chi connectivity index (χ0) is 30.2. The molecule has 0 unspecified atom stereocenters. The van der Waals surface area contributed by atoms with Crippen LogP contribution in [-0.2, 0) is 34.5 Å². The van der Waals surface area contributed by atoms with Gasteiger partial charge in [-0.05, 0) is 83.9 Å². The Morgan fingerprint density at radius 1 is 1.07 bits per heavy atom. The Balaban J connectivity index is 1.01. The van der Waals surface area contributed by atoms with Crippen LogP contribution in [0.25, 0.3) is 0 Å². The van der Waals surface area contributed by atoms with Gasteiger partial charge < -0.3 is 9.64 Å². The van der Waals surface area contributed by atoms with Crippen LogP contribution in [0.4, 0.5) is 10.1 Å². The highest BCUT2D eigenvalue weighted by atomic mass is 19.1. The van der Waals surface area contributed by atoms with Crippen LogP contribution in [0, 0.1) is 17.2 Å². The average molecular weight is 588 g/mol. The third-order valence-electron chi connectivity index (χ3n) is 10.6. The molecule has 8 heteroatoms. The maximum Gasteiger partial charge on any atom is 0.327 e. The number of halogens is 1. The van der Waals surface area contributed by atoms with Crippen molar-refractivity contribution in [2.45, 2.75) is 84.2 Å². The van der Waals surface area contributed by atoms with Crippen molar-refractivity contribution in [2.24, 2.45) is 11.3 Å². The van der Waals surface area contributed by atoms with Gasteiger partial charge in [0.1, 0.15) is 12.4 Å². The molecule has 2 aromatic carbocycles. The monoisotopic (exact) mass is 587 g/mol. The van der Waals surface area contributed by atoms with Gasteiger partial charge in [-0.2, -0.15) is 0 Å². The molecular weight excluding hydrogens is 541 g/mol. The van der Waals surface area contributed by atoms with E-state index in [0.29, 0.717) is 25.0 Å². The predicted molar refractivity (Wildman–Crippen MR) is 167 cm³/mol. The highest BCUT2D eigenvalue weighted by Gasteiger charge is 2.52. The molecule has 43 heavy (non-hydrogen) atoms. The molecule has 7 nitrogen and oxygen atoms in total. The number of hydrogen-bond acceptors (Lipinski definition) is 6. The van der Waals surface area contributed by atoms with Crippen molar-refractivity contribution in [2.75, 3.05) is 37.7 Å². The van der Waals surface area contributed by atoms with Gasteiger partial charge in [0, 0.05) is 43.8 Å². The van der Waals surface area contributed by atoms with E-state index in [-0.39, 0.29) is 29.2 Å². The molecule has 0 N–H and O–H groups in total. The molecule has 230 valence electrons. The standard InChI is InChI=1S/C35H46FN5O2/c1-25(2)26-6-12-31-27(20-26)7-13-32-34(3,14-5-15-35(31,32)4)24-43-33(42)23-41-22-29(37-38-41)21-39-16-18-40(19-17-39)30-10-8-28(36)9-11-30/h6,8-12,20,22,25,32H,5,7,13-19,21,23-24H2,1-4H3/t32-,34-,35+/m0/s1. The van der Waals surface area contributed by atoms with E-state index in [1.807, 2.05) is 18.3 Å². The quantitative estimate of drug-likeness (QED) is 0.296. The molecule has 1 aromatic heterocycles. The van der Waals surface area contributed by atoms with Gasteiger partial charge in [-0.3, -0.25) is 9.69 Å². The number of fused-ring (bicyclic) bond motifs is 3. The molecule has 2 fully saturated rings. The number of aromatic nitrogens is 3. The molecule has 1 saturated carbocycles. The Hall–Kier alpha value is -3.26. The van der Waals surface area contributed by atoms with E-state index in [1.54, 1.807) is 4.68 Å². The molecule has 0 radical (unpaired) electrons. The van der Waals surface area contributed by atoms with Crippen LogP contribution in [0.2, 0.25) is 0 Å². The smallest absolute Gasteiger partial charge is 0.327 e. The number of hydrogen-bond donors (Lipinski definition) is 0. The number of nitrogens with zero attached hydrogens (tertiary/aromatic N) is 5. The molecule has 3 aromatic rings. The number of benzene rings is 2. The van der Waals surface area contributed by atoms with Crippen molar-refractivity contribution in [3.8, 4) is 0 Å². The lowest BCUT2D eigenvalue weighted by molar-refractivity contribution is -0.152. The summed E-state index contributed by atoms with van der Waals surface area (Å²) in [4.78, 5) is 17.6. The number of rotatable bonds is 8. The highest BCUT2D eigenvalue weighted by Crippen LogP contribution is 2.57. The van der Waals surface area contributed by atoms with E-state index in [0.717, 1.165) is 63.2 Å². The van der Waals surface area contributed by atoms with Gasteiger partial charge in [-0.25, -0.2) is 9.07 Å². The summed E-state index contributed by atoms with van der Waals surface area (Å²) in [7, 11) is 0. The van der Waals surface area contributed by atoms with Crippen LogP contribution in [0.15, 0.2) is 48.7 Å². The Morgan fingerprint density at radius 3 is 2.58 bits per heavy atom. The first-order chi connectivity index (χ1) is 20.6. The van der Waals surface area contributed by atoms with Crippen LogP contribution >= 0.6 is 0 Å². The maximum atomic E-state index is 13.3. The van der Waals surface area contributed by atoms with Crippen molar-refractivity contribution < 1.29 is 13.9 Å². The van der Waals surface area contributed by atoms with E-state index in [2.05, 4.69) is 66.0 Å². The predicted octanol–water partition coefficient (Wildman–Crippen LogP) is 6.12. The molecule has 2 aliphatic carbocycles. The minimum Gasteiger partial charge on any atom is -0.464 e. The van der Waals surface area contributed by atoms with Crippen LogP contribution in [-0.4, -0.2) is 58.6 Å². The zero-order valence-corrected chi connectivity index (χ0v) is 26.2. The van der Waals surface area contributed by atoms with E-state index < -0.39 is 0 Å². The van der Waals surface area contributed by atoms with E-state index in [4.69, 9.17) is 4.74 Å². The van der Waals surface area contributed by atoms with E-state index in [1.165, 1.54) is 35.2 Å². The SMILES string of the molecule is CC(C)c1ccc2c(c1)CC[C@H]1[C@](C)(COC(=O)Cn3cc(CN4CCN(c5ccc(F)cc5)CC4)nn3)CCC[C@]21C. The van der Waals surface area contributed by atoms with E-state index >= 15 is 0 Å². The number of carbonyl (C=O) groups excluding carboxylic acids is 1. The molecule has 6 rings (SSSR count). The lowest BCUT2D eigenvalue weighted by Crippen LogP contribution is -2.51. The van der Waals surface area contributed by atoms with Crippen LogP contribution in [0.3, 0.4) is 0 Å². The average Bonchev–Trinajstić information content (AvgIpc) is 3.43. The Kier molecular flexibility index (Phi) is 8.33. The van der Waals surface area contributed by atoms with Crippen LogP contribution in [0.5, 0.6) is 0 Å². The lowest BCUT2D eigenvalue weighted by Gasteiger charge is -2.55. The third-order valence-corrected chi connectivity index (χ3v) is 10.6. The van der Waals surface area contributed by atoms with Crippen molar-refractivity contribution in [1.82, 2.24) is 19.9 Å². The number of carbonyl (C=O) groups is 1. The summed E-state index contributed by atoms with van der Waals surface area (Å²) in [6, 6.07) is 13.8. The molecule has 2 heterocycles. The van der Waals surface area contributed by atoms with Crippen molar-refractivity contribution in [3.05, 3.63) is 76.9 Å². The summed E-state index contributed by atoms with van der Waals surface area (Å²) in [5.41, 5.74) is 6.42. The molecule has 1 saturated heterocycles. The largest absolute Gasteiger partial charge is 0.464 e. The van der Waals surface area contributed by atoms with Gasteiger partial charge in [0.25, 0.3) is 0 Å². The van der Waals surface area contributed by atoms with E-state index in [9.17, 15) is 9.18 Å². The fourth-order valence-corrected chi connectivity index (χ4v) is 8.13.